The standard InChI is InChI=1S/C33H38N2O5/c1-2-9-30(36)31(24-16-17-24)34-20-8-21-40-26-18-14-23(15-19-26)22-29(33(38)39)35-28-13-7-6-12-27(28)32(37)25-10-4-3-5-11-25/h3-7,10-15,18-19,24,29,31,34-35H,2,8-9,16-17,20-22H2,1H3,(H,38,39)/t29-,31?/m0/s1. The average molecular weight is 543 g/mol. The number of benzene rings is 3. The van der Waals surface area contributed by atoms with Crippen molar-refractivity contribution in [1.82, 2.24) is 5.32 Å². The lowest BCUT2D eigenvalue weighted by Crippen LogP contribution is -2.39. The molecule has 0 aromatic heterocycles. The molecule has 3 aromatic rings. The van der Waals surface area contributed by atoms with E-state index in [9.17, 15) is 19.5 Å². The van der Waals surface area contributed by atoms with E-state index in [-0.39, 0.29) is 18.2 Å². The molecule has 2 atom stereocenters. The maximum Gasteiger partial charge on any atom is 0.326 e. The van der Waals surface area contributed by atoms with Gasteiger partial charge in [0.1, 0.15) is 17.6 Å². The molecular formula is C33H38N2O5. The Kier molecular flexibility index (Phi) is 10.5. The fraction of sp³-hybridized carbons (Fsp3) is 0.364. The molecule has 40 heavy (non-hydrogen) atoms. The summed E-state index contributed by atoms with van der Waals surface area (Å²) in [5.74, 6) is 0.358. The zero-order valence-electron chi connectivity index (χ0n) is 23.0. The van der Waals surface area contributed by atoms with Gasteiger partial charge in [0, 0.05) is 29.7 Å². The Balaban J connectivity index is 1.28. The Morgan fingerprint density at radius 3 is 2.33 bits per heavy atom. The Hall–Kier alpha value is -3.97. The highest BCUT2D eigenvalue weighted by atomic mass is 16.5. The first-order chi connectivity index (χ1) is 19.5. The van der Waals surface area contributed by atoms with E-state index >= 15 is 0 Å². The molecule has 7 nitrogen and oxygen atoms in total. The summed E-state index contributed by atoms with van der Waals surface area (Å²) < 4.78 is 5.86. The molecular weight excluding hydrogens is 504 g/mol. The number of carbonyl (C=O) groups is 3. The van der Waals surface area contributed by atoms with Gasteiger partial charge in [-0.2, -0.15) is 0 Å². The summed E-state index contributed by atoms with van der Waals surface area (Å²) in [6.45, 7) is 3.29. The van der Waals surface area contributed by atoms with Gasteiger partial charge in [0.2, 0.25) is 0 Å². The summed E-state index contributed by atoms with van der Waals surface area (Å²) in [5.41, 5.74) is 2.29. The van der Waals surface area contributed by atoms with Crippen molar-refractivity contribution < 1.29 is 24.2 Å². The van der Waals surface area contributed by atoms with Gasteiger partial charge >= 0.3 is 5.97 Å². The van der Waals surface area contributed by atoms with Gasteiger partial charge in [-0.3, -0.25) is 9.59 Å². The number of nitrogens with one attached hydrogen (secondary N) is 2. The van der Waals surface area contributed by atoms with E-state index in [1.54, 1.807) is 48.5 Å². The SMILES string of the molecule is CCCC(=O)C(NCCCOc1ccc(C[C@H](Nc2ccccc2C(=O)c2ccccc2)C(=O)O)cc1)C1CC1. The Bertz CT molecular complexity index is 1270. The smallest absolute Gasteiger partial charge is 0.326 e. The van der Waals surface area contributed by atoms with E-state index in [2.05, 4.69) is 10.6 Å². The molecule has 0 saturated heterocycles. The van der Waals surface area contributed by atoms with E-state index in [0.717, 1.165) is 37.8 Å². The van der Waals surface area contributed by atoms with Gasteiger partial charge in [-0.05, 0) is 68.0 Å². The van der Waals surface area contributed by atoms with Crippen LogP contribution in [-0.2, 0) is 16.0 Å². The molecule has 210 valence electrons. The van der Waals surface area contributed by atoms with Crippen LogP contribution in [-0.4, -0.2) is 47.9 Å². The first-order valence-electron chi connectivity index (χ1n) is 14.1. The number of para-hydroxylation sites is 1. The Labute approximate surface area is 236 Å². The third kappa shape index (κ3) is 8.26. The maximum atomic E-state index is 13.0. The molecule has 0 bridgehead atoms. The average Bonchev–Trinajstić information content (AvgIpc) is 3.81. The summed E-state index contributed by atoms with van der Waals surface area (Å²) in [7, 11) is 0. The van der Waals surface area contributed by atoms with E-state index in [1.165, 1.54) is 0 Å². The summed E-state index contributed by atoms with van der Waals surface area (Å²) in [6, 6.07) is 22.4. The minimum Gasteiger partial charge on any atom is -0.494 e. The van der Waals surface area contributed by atoms with Gasteiger partial charge in [0.25, 0.3) is 0 Å². The van der Waals surface area contributed by atoms with Crippen molar-refractivity contribution in [2.75, 3.05) is 18.5 Å². The van der Waals surface area contributed by atoms with Gasteiger partial charge in [0.05, 0.1) is 12.6 Å². The lowest BCUT2D eigenvalue weighted by Gasteiger charge is -2.18. The largest absolute Gasteiger partial charge is 0.494 e. The van der Waals surface area contributed by atoms with Crippen LogP contribution in [0.25, 0.3) is 0 Å². The second-order valence-electron chi connectivity index (χ2n) is 10.3. The van der Waals surface area contributed by atoms with Gasteiger partial charge < -0.3 is 20.5 Å². The van der Waals surface area contributed by atoms with E-state index in [4.69, 9.17) is 4.74 Å². The normalized spacial score (nSPS) is 14.2. The predicted molar refractivity (Wildman–Crippen MR) is 156 cm³/mol. The molecule has 0 spiro atoms. The molecule has 1 aliphatic carbocycles. The molecule has 1 fully saturated rings. The third-order valence-electron chi connectivity index (χ3n) is 7.09. The molecule has 3 aromatic carbocycles. The zero-order valence-corrected chi connectivity index (χ0v) is 23.0. The van der Waals surface area contributed by atoms with Gasteiger partial charge in [-0.15, -0.1) is 0 Å². The number of hydrogen-bond acceptors (Lipinski definition) is 6. The summed E-state index contributed by atoms with van der Waals surface area (Å²) in [5, 5.41) is 16.4. The molecule has 1 unspecified atom stereocenters. The van der Waals surface area contributed by atoms with Gasteiger partial charge in [-0.25, -0.2) is 4.79 Å². The number of aliphatic carboxylic acids is 1. The van der Waals surface area contributed by atoms with E-state index in [1.807, 2.05) is 37.3 Å². The van der Waals surface area contributed by atoms with Crippen molar-refractivity contribution in [3.63, 3.8) is 0 Å². The van der Waals surface area contributed by atoms with Crippen molar-refractivity contribution in [3.05, 3.63) is 95.6 Å². The van der Waals surface area contributed by atoms with Crippen LogP contribution in [0.1, 0.15) is 60.5 Å². The first-order valence-corrected chi connectivity index (χ1v) is 14.1. The van der Waals surface area contributed by atoms with Crippen LogP contribution in [0.4, 0.5) is 5.69 Å². The molecule has 0 amide bonds. The van der Waals surface area contributed by atoms with Crippen molar-refractivity contribution >= 4 is 23.2 Å². The second-order valence-corrected chi connectivity index (χ2v) is 10.3. The second kappa shape index (κ2) is 14.4. The molecule has 0 aliphatic heterocycles. The number of carboxylic acid groups (broad SMARTS) is 1. The minimum atomic E-state index is -1.00. The third-order valence-corrected chi connectivity index (χ3v) is 7.09. The fourth-order valence-electron chi connectivity index (χ4n) is 4.79. The summed E-state index contributed by atoms with van der Waals surface area (Å²) in [6.07, 6.45) is 4.80. The molecule has 1 aliphatic rings. The van der Waals surface area contributed by atoms with Crippen LogP contribution in [0.3, 0.4) is 0 Å². The minimum absolute atomic E-state index is 0.0153. The van der Waals surface area contributed by atoms with Crippen molar-refractivity contribution in [3.8, 4) is 5.75 Å². The van der Waals surface area contributed by atoms with Crippen molar-refractivity contribution in [1.29, 1.82) is 0 Å². The topological polar surface area (TPSA) is 105 Å². The fourth-order valence-corrected chi connectivity index (χ4v) is 4.79. The lowest BCUT2D eigenvalue weighted by molar-refractivity contribution is -0.137. The van der Waals surface area contributed by atoms with Crippen LogP contribution in [0.2, 0.25) is 0 Å². The molecule has 1 saturated carbocycles. The number of carboxylic acids is 1. The van der Waals surface area contributed by atoms with E-state index < -0.39 is 12.0 Å². The van der Waals surface area contributed by atoms with Crippen molar-refractivity contribution in [2.24, 2.45) is 5.92 Å². The highest BCUT2D eigenvalue weighted by Crippen LogP contribution is 2.33. The number of hydrogen-bond donors (Lipinski definition) is 3. The number of rotatable bonds is 17. The number of anilines is 1. The monoisotopic (exact) mass is 542 g/mol. The van der Waals surface area contributed by atoms with Gasteiger partial charge in [-0.1, -0.05) is 61.5 Å². The molecule has 4 rings (SSSR count). The van der Waals surface area contributed by atoms with Crippen LogP contribution >= 0.6 is 0 Å². The van der Waals surface area contributed by atoms with Crippen LogP contribution < -0.4 is 15.4 Å². The van der Waals surface area contributed by atoms with E-state index in [0.29, 0.717) is 47.3 Å². The quantitative estimate of drug-likeness (QED) is 0.152. The highest BCUT2D eigenvalue weighted by molar-refractivity contribution is 6.12. The Morgan fingerprint density at radius 1 is 0.950 bits per heavy atom. The summed E-state index contributed by atoms with van der Waals surface area (Å²) >= 11 is 0. The number of ether oxygens (including phenoxy) is 1. The molecule has 7 heteroatoms. The van der Waals surface area contributed by atoms with Crippen LogP contribution in [0, 0.1) is 5.92 Å². The molecule has 0 radical (unpaired) electrons. The Morgan fingerprint density at radius 2 is 1.65 bits per heavy atom. The molecule has 3 N–H and O–H groups in total. The lowest BCUT2D eigenvalue weighted by atomic mass is 10.00. The summed E-state index contributed by atoms with van der Waals surface area (Å²) in [4.78, 5) is 37.5. The number of Topliss-reactive ketones (excluding diaryl/α,β-unsaturated/α-hetero) is 1. The number of carbonyl (C=O) groups excluding carboxylic acids is 2. The zero-order chi connectivity index (χ0) is 28.3. The van der Waals surface area contributed by atoms with Gasteiger partial charge in [0.15, 0.2) is 5.78 Å². The first kappa shape index (κ1) is 29.0. The maximum absolute atomic E-state index is 13.0. The highest BCUT2D eigenvalue weighted by Gasteiger charge is 2.34. The van der Waals surface area contributed by atoms with Crippen LogP contribution in [0.15, 0.2) is 78.9 Å². The number of ketones is 2. The predicted octanol–water partition coefficient (Wildman–Crippen LogP) is 5.53. The molecule has 0 heterocycles. The van der Waals surface area contributed by atoms with Crippen LogP contribution in [0.5, 0.6) is 5.75 Å². The van der Waals surface area contributed by atoms with Crippen molar-refractivity contribution in [2.45, 2.75) is 57.5 Å².